The molecule has 0 amide bonds. The van der Waals surface area contributed by atoms with Gasteiger partial charge in [0.05, 0.1) is 12.2 Å². The summed E-state index contributed by atoms with van der Waals surface area (Å²) in [6.45, 7) is 6.78. The van der Waals surface area contributed by atoms with Crippen LogP contribution in [0.2, 0.25) is 0 Å². The molecule has 1 aliphatic heterocycles. The molecule has 1 aliphatic rings. The zero-order valence-corrected chi connectivity index (χ0v) is 10.2. The molecular formula is C12H25NO2. The molecule has 0 saturated carbocycles. The molecule has 2 N–H and O–H groups in total. The largest absolute Gasteiger partial charge is 0.396 e. The van der Waals surface area contributed by atoms with Crippen molar-refractivity contribution in [3.63, 3.8) is 0 Å². The van der Waals surface area contributed by atoms with Crippen LogP contribution in [0.25, 0.3) is 0 Å². The van der Waals surface area contributed by atoms with Crippen LogP contribution in [0.5, 0.6) is 0 Å². The maximum Gasteiger partial charge on any atom is 0.0565 e. The molecule has 0 spiro atoms. The molecule has 0 aliphatic carbocycles. The monoisotopic (exact) mass is 215 g/mol. The Labute approximate surface area is 93.2 Å². The first kappa shape index (κ1) is 12.9. The Bertz CT molecular complexity index is 165. The minimum absolute atomic E-state index is 0.298. The zero-order chi connectivity index (χ0) is 11.3. The first-order chi connectivity index (χ1) is 7.11. The van der Waals surface area contributed by atoms with Crippen LogP contribution in [-0.2, 0) is 4.74 Å². The second-order valence-electron chi connectivity index (χ2n) is 4.86. The average molecular weight is 215 g/mol. The van der Waals surface area contributed by atoms with Crippen molar-refractivity contribution in [3.05, 3.63) is 0 Å². The molecule has 3 atom stereocenters. The van der Waals surface area contributed by atoms with Gasteiger partial charge in [-0.25, -0.2) is 0 Å². The summed E-state index contributed by atoms with van der Waals surface area (Å²) in [6, 6.07) is 1.08. The van der Waals surface area contributed by atoms with E-state index in [1.54, 1.807) is 0 Å². The van der Waals surface area contributed by atoms with Gasteiger partial charge < -0.3 is 15.2 Å². The molecule has 1 saturated heterocycles. The van der Waals surface area contributed by atoms with Crippen LogP contribution in [0.4, 0.5) is 0 Å². The van der Waals surface area contributed by atoms with Gasteiger partial charge in [-0.1, -0.05) is 0 Å². The smallest absolute Gasteiger partial charge is 0.0565 e. The van der Waals surface area contributed by atoms with Gasteiger partial charge in [0.1, 0.15) is 0 Å². The van der Waals surface area contributed by atoms with Crippen LogP contribution < -0.4 is 5.32 Å². The highest BCUT2D eigenvalue weighted by molar-refractivity contribution is 4.80. The van der Waals surface area contributed by atoms with Crippen LogP contribution in [0.1, 0.15) is 46.5 Å². The van der Waals surface area contributed by atoms with E-state index in [0.717, 1.165) is 25.7 Å². The SMILES string of the molecule is C[C@H](CCCO)NC1C[C@@H](C)O[C@H](C)C1. The van der Waals surface area contributed by atoms with E-state index in [0.29, 0.717) is 30.9 Å². The van der Waals surface area contributed by atoms with Gasteiger partial charge in [0.25, 0.3) is 0 Å². The van der Waals surface area contributed by atoms with Gasteiger partial charge in [-0.15, -0.1) is 0 Å². The number of nitrogens with one attached hydrogen (secondary N) is 1. The minimum Gasteiger partial charge on any atom is -0.396 e. The molecule has 1 rings (SSSR count). The molecule has 0 aromatic carbocycles. The number of hydrogen-bond acceptors (Lipinski definition) is 3. The first-order valence-electron chi connectivity index (χ1n) is 6.14. The molecule has 3 heteroatoms. The van der Waals surface area contributed by atoms with Crippen LogP contribution in [-0.4, -0.2) is 36.0 Å². The third kappa shape index (κ3) is 4.96. The van der Waals surface area contributed by atoms with Crippen molar-refractivity contribution < 1.29 is 9.84 Å². The van der Waals surface area contributed by atoms with Crippen LogP contribution in [0, 0.1) is 0 Å². The van der Waals surface area contributed by atoms with E-state index < -0.39 is 0 Å². The van der Waals surface area contributed by atoms with E-state index in [4.69, 9.17) is 9.84 Å². The first-order valence-corrected chi connectivity index (χ1v) is 6.14. The molecule has 0 radical (unpaired) electrons. The molecule has 1 fully saturated rings. The lowest BCUT2D eigenvalue weighted by atomic mass is 9.98. The van der Waals surface area contributed by atoms with Crippen molar-refractivity contribution in [2.24, 2.45) is 0 Å². The van der Waals surface area contributed by atoms with E-state index in [2.05, 4.69) is 26.1 Å². The van der Waals surface area contributed by atoms with Gasteiger partial charge >= 0.3 is 0 Å². The predicted molar refractivity (Wildman–Crippen MR) is 61.9 cm³/mol. The van der Waals surface area contributed by atoms with Crippen molar-refractivity contribution in [1.82, 2.24) is 5.32 Å². The Balaban J connectivity index is 2.24. The normalized spacial score (nSPS) is 34.0. The van der Waals surface area contributed by atoms with Crippen molar-refractivity contribution in [1.29, 1.82) is 0 Å². The summed E-state index contributed by atoms with van der Waals surface area (Å²) in [7, 11) is 0. The van der Waals surface area contributed by atoms with Crippen molar-refractivity contribution in [3.8, 4) is 0 Å². The Morgan fingerprint density at radius 2 is 1.93 bits per heavy atom. The number of aliphatic hydroxyl groups excluding tert-OH is 1. The Morgan fingerprint density at radius 3 is 2.47 bits per heavy atom. The maximum absolute atomic E-state index is 8.76. The highest BCUT2D eigenvalue weighted by atomic mass is 16.5. The van der Waals surface area contributed by atoms with E-state index in [-0.39, 0.29) is 0 Å². The fourth-order valence-corrected chi connectivity index (χ4v) is 2.42. The molecule has 90 valence electrons. The van der Waals surface area contributed by atoms with Gasteiger partial charge in [0, 0.05) is 18.7 Å². The Kier molecular flexibility index (Phi) is 5.58. The van der Waals surface area contributed by atoms with Crippen LogP contribution in [0.15, 0.2) is 0 Å². The highest BCUT2D eigenvalue weighted by Crippen LogP contribution is 2.19. The quantitative estimate of drug-likeness (QED) is 0.733. The molecule has 1 heterocycles. The third-order valence-electron chi connectivity index (χ3n) is 3.01. The van der Waals surface area contributed by atoms with E-state index in [1.165, 1.54) is 0 Å². The maximum atomic E-state index is 8.76. The lowest BCUT2D eigenvalue weighted by molar-refractivity contribution is -0.0434. The summed E-state index contributed by atoms with van der Waals surface area (Å²) in [5.74, 6) is 0. The fraction of sp³-hybridized carbons (Fsp3) is 1.00. The van der Waals surface area contributed by atoms with E-state index in [9.17, 15) is 0 Å². The van der Waals surface area contributed by atoms with Gasteiger partial charge in [-0.3, -0.25) is 0 Å². The zero-order valence-electron chi connectivity index (χ0n) is 10.2. The molecule has 3 nitrogen and oxygen atoms in total. The van der Waals surface area contributed by atoms with Gasteiger partial charge in [0.2, 0.25) is 0 Å². The topological polar surface area (TPSA) is 41.5 Å². The van der Waals surface area contributed by atoms with E-state index in [1.807, 2.05) is 0 Å². The summed E-state index contributed by atoms with van der Waals surface area (Å²) in [5, 5.41) is 12.4. The van der Waals surface area contributed by atoms with E-state index >= 15 is 0 Å². The van der Waals surface area contributed by atoms with Crippen LogP contribution in [0.3, 0.4) is 0 Å². The number of ether oxygens (including phenoxy) is 1. The number of aliphatic hydroxyl groups is 1. The minimum atomic E-state index is 0.298. The summed E-state index contributed by atoms with van der Waals surface area (Å²) < 4.78 is 5.70. The van der Waals surface area contributed by atoms with Crippen molar-refractivity contribution in [2.45, 2.75) is 70.7 Å². The van der Waals surface area contributed by atoms with Crippen LogP contribution >= 0.6 is 0 Å². The summed E-state index contributed by atoms with van der Waals surface area (Å²) in [5.41, 5.74) is 0. The molecule has 0 aromatic rings. The highest BCUT2D eigenvalue weighted by Gasteiger charge is 2.24. The Hall–Kier alpha value is -0.120. The molecule has 0 bridgehead atoms. The lowest BCUT2D eigenvalue weighted by Gasteiger charge is -2.34. The summed E-state index contributed by atoms with van der Waals surface area (Å²) in [4.78, 5) is 0. The molecule has 0 aromatic heterocycles. The summed E-state index contributed by atoms with van der Waals surface area (Å²) >= 11 is 0. The number of hydrogen-bond donors (Lipinski definition) is 2. The van der Waals surface area contributed by atoms with Crippen molar-refractivity contribution in [2.75, 3.05) is 6.61 Å². The second-order valence-corrected chi connectivity index (χ2v) is 4.86. The second kappa shape index (κ2) is 6.46. The van der Waals surface area contributed by atoms with Gasteiger partial charge in [0.15, 0.2) is 0 Å². The summed E-state index contributed by atoms with van der Waals surface area (Å²) in [6.07, 6.45) is 4.90. The third-order valence-corrected chi connectivity index (χ3v) is 3.01. The predicted octanol–water partition coefficient (Wildman–Crippen LogP) is 1.69. The molecule has 15 heavy (non-hydrogen) atoms. The standard InChI is InChI=1S/C12H25NO2/c1-9(5-4-6-14)13-12-7-10(2)15-11(3)8-12/h9-14H,4-8H2,1-3H3/t9-,10-,11-/m1/s1. The van der Waals surface area contributed by atoms with Crippen molar-refractivity contribution >= 4 is 0 Å². The lowest BCUT2D eigenvalue weighted by Crippen LogP contribution is -2.44. The van der Waals surface area contributed by atoms with Gasteiger partial charge in [-0.05, 0) is 46.5 Å². The number of rotatable bonds is 5. The molecular weight excluding hydrogens is 190 g/mol. The average Bonchev–Trinajstić information content (AvgIpc) is 2.13. The van der Waals surface area contributed by atoms with Gasteiger partial charge in [-0.2, -0.15) is 0 Å². The fourth-order valence-electron chi connectivity index (χ4n) is 2.42. The molecule has 0 unspecified atom stereocenters. The Morgan fingerprint density at radius 1 is 1.33 bits per heavy atom.